The lowest BCUT2D eigenvalue weighted by Gasteiger charge is -2.18. The van der Waals surface area contributed by atoms with E-state index in [1.54, 1.807) is 18.2 Å². The summed E-state index contributed by atoms with van der Waals surface area (Å²) in [6.45, 7) is 1.10. The standard InChI is InChI=1S/C19H15ClF2N4O/c20-13-3-1-11(2-4-13)16-8-17(26-6-5-14(27)10-26)25-19(24-16)12-7-15(21)18(22)23-9-12/h1-4,7-9,14,27H,5-6,10H2/t14-/m0/s1. The summed E-state index contributed by atoms with van der Waals surface area (Å²) in [5.74, 6) is -1.40. The van der Waals surface area contributed by atoms with Gasteiger partial charge in [-0.2, -0.15) is 4.39 Å². The molecule has 1 aliphatic rings. The summed E-state index contributed by atoms with van der Waals surface area (Å²) in [6, 6.07) is 9.96. The van der Waals surface area contributed by atoms with Crippen LogP contribution in [-0.2, 0) is 0 Å². The number of aromatic nitrogens is 3. The zero-order valence-corrected chi connectivity index (χ0v) is 14.9. The van der Waals surface area contributed by atoms with E-state index in [4.69, 9.17) is 11.6 Å². The third kappa shape index (κ3) is 3.74. The van der Waals surface area contributed by atoms with Crippen molar-refractivity contribution in [2.45, 2.75) is 12.5 Å². The fraction of sp³-hybridized carbons (Fsp3) is 0.211. The van der Waals surface area contributed by atoms with Crippen LogP contribution in [0, 0.1) is 11.8 Å². The van der Waals surface area contributed by atoms with Gasteiger partial charge in [-0.1, -0.05) is 23.7 Å². The van der Waals surface area contributed by atoms with Crippen LogP contribution in [-0.4, -0.2) is 39.3 Å². The van der Waals surface area contributed by atoms with E-state index >= 15 is 0 Å². The number of benzene rings is 1. The van der Waals surface area contributed by atoms with Crippen LogP contribution in [0.15, 0.2) is 42.6 Å². The molecular formula is C19H15ClF2N4O. The van der Waals surface area contributed by atoms with E-state index in [0.717, 1.165) is 11.6 Å². The van der Waals surface area contributed by atoms with E-state index in [0.29, 0.717) is 36.0 Å². The van der Waals surface area contributed by atoms with Crippen molar-refractivity contribution in [1.29, 1.82) is 0 Å². The molecule has 0 aliphatic carbocycles. The molecule has 138 valence electrons. The van der Waals surface area contributed by atoms with Gasteiger partial charge in [0.1, 0.15) is 5.82 Å². The minimum atomic E-state index is -1.17. The van der Waals surface area contributed by atoms with Crippen LogP contribution in [0.5, 0.6) is 0 Å². The highest BCUT2D eigenvalue weighted by atomic mass is 35.5. The molecule has 0 amide bonds. The molecular weight excluding hydrogens is 374 g/mol. The molecule has 1 atom stereocenters. The average molecular weight is 389 g/mol. The first-order chi connectivity index (χ1) is 13.0. The van der Waals surface area contributed by atoms with Crippen LogP contribution in [0.3, 0.4) is 0 Å². The normalized spacial score (nSPS) is 16.7. The SMILES string of the molecule is O[C@H]1CCN(c2cc(-c3ccc(Cl)cc3)nc(-c3cnc(F)c(F)c3)n2)C1. The molecule has 1 saturated heterocycles. The van der Waals surface area contributed by atoms with Crippen LogP contribution < -0.4 is 4.90 Å². The van der Waals surface area contributed by atoms with E-state index in [-0.39, 0.29) is 11.4 Å². The number of halogens is 3. The first-order valence-corrected chi connectivity index (χ1v) is 8.77. The van der Waals surface area contributed by atoms with Crippen molar-refractivity contribution in [3.8, 4) is 22.6 Å². The van der Waals surface area contributed by atoms with Gasteiger partial charge in [0.25, 0.3) is 0 Å². The number of aliphatic hydroxyl groups is 1. The lowest BCUT2D eigenvalue weighted by molar-refractivity contribution is 0.198. The Labute approximate surface area is 159 Å². The number of hydrogen-bond acceptors (Lipinski definition) is 5. The molecule has 0 radical (unpaired) electrons. The number of pyridine rings is 1. The topological polar surface area (TPSA) is 62.1 Å². The predicted molar refractivity (Wildman–Crippen MR) is 98.5 cm³/mol. The zero-order valence-electron chi connectivity index (χ0n) is 14.1. The quantitative estimate of drug-likeness (QED) is 0.693. The average Bonchev–Trinajstić information content (AvgIpc) is 3.11. The van der Waals surface area contributed by atoms with Crippen LogP contribution >= 0.6 is 11.6 Å². The van der Waals surface area contributed by atoms with Gasteiger partial charge < -0.3 is 10.0 Å². The fourth-order valence-corrected chi connectivity index (χ4v) is 3.11. The van der Waals surface area contributed by atoms with Crippen molar-refractivity contribution in [2.75, 3.05) is 18.0 Å². The van der Waals surface area contributed by atoms with Gasteiger partial charge in [0.05, 0.1) is 11.8 Å². The van der Waals surface area contributed by atoms with Gasteiger partial charge in [-0.15, -0.1) is 0 Å². The second kappa shape index (κ2) is 7.17. The Morgan fingerprint density at radius 2 is 1.85 bits per heavy atom. The van der Waals surface area contributed by atoms with Gasteiger partial charge in [-0.25, -0.2) is 19.3 Å². The van der Waals surface area contributed by atoms with Crippen LogP contribution in [0.2, 0.25) is 5.02 Å². The maximum Gasteiger partial charge on any atom is 0.248 e. The van der Waals surface area contributed by atoms with Gasteiger partial charge in [0.2, 0.25) is 5.95 Å². The van der Waals surface area contributed by atoms with Crippen LogP contribution in [0.4, 0.5) is 14.6 Å². The van der Waals surface area contributed by atoms with Gasteiger partial charge in [-0.05, 0) is 24.6 Å². The van der Waals surface area contributed by atoms with Crippen molar-refractivity contribution in [1.82, 2.24) is 15.0 Å². The molecule has 0 saturated carbocycles. The van der Waals surface area contributed by atoms with Gasteiger partial charge >= 0.3 is 0 Å². The second-order valence-electron chi connectivity index (χ2n) is 6.33. The minimum Gasteiger partial charge on any atom is -0.391 e. The molecule has 8 heteroatoms. The number of rotatable bonds is 3. The molecule has 1 N–H and O–H groups in total. The third-order valence-corrected chi connectivity index (χ3v) is 4.65. The minimum absolute atomic E-state index is 0.227. The molecule has 1 fully saturated rings. The molecule has 3 heterocycles. The summed E-state index contributed by atoms with van der Waals surface area (Å²) < 4.78 is 26.8. The first-order valence-electron chi connectivity index (χ1n) is 8.39. The first kappa shape index (κ1) is 17.8. The van der Waals surface area contributed by atoms with Crippen LogP contribution in [0.25, 0.3) is 22.6 Å². The number of nitrogens with zero attached hydrogens (tertiary/aromatic N) is 4. The van der Waals surface area contributed by atoms with Gasteiger partial charge in [0, 0.05) is 41.5 Å². The summed E-state index contributed by atoms with van der Waals surface area (Å²) in [7, 11) is 0. The number of anilines is 1. The molecule has 1 aliphatic heterocycles. The highest BCUT2D eigenvalue weighted by molar-refractivity contribution is 6.30. The lowest BCUT2D eigenvalue weighted by atomic mass is 10.1. The lowest BCUT2D eigenvalue weighted by Crippen LogP contribution is -2.22. The number of hydrogen-bond donors (Lipinski definition) is 1. The van der Waals surface area contributed by atoms with Crippen molar-refractivity contribution in [2.24, 2.45) is 0 Å². The molecule has 5 nitrogen and oxygen atoms in total. The highest BCUT2D eigenvalue weighted by Crippen LogP contribution is 2.28. The Balaban J connectivity index is 1.83. The molecule has 0 unspecified atom stereocenters. The van der Waals surface area contributed by atoms with E-state index in [9.17, 15) is 13.9 Å². The molecule has 3 aromatic rings. The molecule has 27 heavy (non-hydrogen) atoms. The van der Waals surface area contributed by atoms with Crippen molar-refractivity contribution in [3.05, 3.63) is 59.4 Å². The molecule has 0 bridgehead atoms. The largest absolute Gasteiger partial charge is 0.391 e. The third-order valence-electron chi connectivity index (χ3n) is 4.39. The smallest absolute Gasteiger partial charge is 0.248 e. The Kier molecular flexibility index (Phi) is 4.72. The van der Waals surface area contributed by atoms with E-state index < -0.39 is 17.9 Å². The maximum absolute atomic E-state index is 13.6. The second-order valence-corrected chi connectivity index (χ2v) is 6.76. The Morgan fingerprint density at radius 3 is 2.52 bits per heavy atom. The Hall–Kier alpha value is -2.64. The number of β-amino-alcohol motifs (C(OH)–C–C–N with tert-alkyl or cyclic N) is 1. The van der Waals surface area contributed by atoms with Crippen molar-refractivity contribution >= 4 is 17.4 Å². The van der Waals surface area contributed by atoms with Gasteiger partial charge in [-0.3, -0.25) is 0 Å². The van der Waals surface area contributed by atoms with E-state index in [1.165, 1.54) is 6.20 Å². The van der Waals surface area contributed by atoms with E-state index in [2.05, 4.69) is 15.0 Å². The summed E-state index contributed by atoms with van der Waals surface area (Å²) in [5.41, 5.74) is 1.68. The van der Waals surface area contributed by atoms with E-state index in [1.807, 2.05) is 17.0 Å². The molecule has 4 rings (SSSR count). The zero-order chi connectivity index (χ0) is 19.0. The Morgan fingerprint density at radius 1 is 1.07 bits per heavy atom. The monoisotopic (exact) mass is 388 g/mol. The maximum atomic E-state index is 13.6. The van der Waals surface area contributed by atoms with Gasteiger partial charge in [0.15, 0.2) is 11.6 Å². The highest BCUT2D eigenvalue weighted by Gasteiger charge is 2.23. The number of aliphatic hydroxyl groups excluding tert-OH is 1. The molecule has 2 aromatic heterocycles. The van der Waals surface area contributed by atoms with Crippen molar-refractivity contribution < 1.29 is 13.9 Å². The Bertz CT molecular complexity index is 984. The van der Waals surface area contributed by atoms with Crippen molar-refractivity contribution in [3.63, 3.8) is 0 Å². The molecule has 1 aromatic carbocycles. The summed E-state index contributed by atoms with van der Waals surface area (Å²) in [5, 5.41) is 10.4. The fourth-order valence-electron chi connectivity index (χ4n) is 2.99. The molecule has 0 spiro atoms. The summed E-state index contributed by atoms with van der Waals surface area (Å²) >= 11 is 5.96. The summed E-state index contributed by atoms with van der Waals surface area (Å²) in [6.07, 6.45) is 1.41. The van der Waals surface area contributed by atoms with Crippen LogP contribution in [0.1, 0.15) is 6.42 Å². The predicted octanol–water partition coefficient (Wildman–Crippen LogP) is 3.71. The summed E-state index contributed by atoms with van der Waals surface area (Å²) in [4.78, 5) is 14.3.